The number of sulfonamides is 1. The number of benzene rings is 2. The zero-order valence-electron chi connectivity index (χ0n) is 15.3. The summed E-state index contributed by atoms with van der Waals surface area (Å²) >= 11 is 0. The predicted molar refractivity (Wildman–Crippen MR) is 103 cm³/mol. The molecule has 26 heavy (non-hydrogen) atoms. The van der Waals surface area contributed by atoms with E-state index in [1.54, 1.807) is 23.1 Å². The number of hydrogen-bond donors (Lipinski definition) is 1. The quantitative estimate of drug-likeness (QED) is 0.874. The molecule has 5 nitrogen and oxygen atoms in total. The Morgan fingerprint density at radius 1 is 1.00 bits per heavy atom. The van der Waals surface area contributed by atoms with Crippen molar-refractivity contribution in [2.75, 3.05) is 13.1 Å². The van der Waals surface area contributed by atoms with Crippen molar-refractivity contribution in [1.82, 2.24) is 9.62 Å². The molecule has 1 aliphatic rings. The fraction of sp³-hybridized carbons (Fsp3) is 0.450. The zero-order chi connectivity index (χ0) is 18.7. The van der Waals surface area contributed by atoms with E-state index in [0.29, 0.717) is 13.1 Å². The Labute approximate surface area is 155 Å². The van der Waals surface area contributed by atoms with Gasteiger partial charge >= 0.3 is 0 Å². The van der Waals surface area contributed by atoms with Crippen LogP contribution in [-0.2, 0) is 14.8 Å². The van der Waals surface area contributed by atoms with Crippen LogP contribution in [0.3, 0.4) is 0 Å². The number of piperidine rings is 1. The van der Waals surface area contributed by atoms with Crippen LogP contribution in [0.1, 0.15) is 33.1 Å². The monoisotopic (exact) mass is 374 g/mol. The molecule has 140 valence electrons. The van der Waals surface area contributed by atoms with Crippen LogP contribution in [0, 0.1) is 5.92 Å². The molecule has 0 aliphatic carbocycles. The van der Waals surface area contributed by atoms with Gasteiger partial charge in [-0.15, -0.1) is 0 Å². The third-order valence-electron chi connectivity index (χ3n) is 4.91. The van der Waals surface area contributed by atoms with E-state index in [2.05, 4.69) is 4.72 Å². The Morgan fingerprint density at radius 3 is 2.31 bits per heavy atom. The van der Waals surface area contributed by atoms with Crippen molar-refractivity contribution in [2.45, 2.75) is 44.0 Å². The Kier molecular flexibility index (Phi) is 5.63. The van der Waals surface area contributed by atoms with Crippen LogP contribution >= 0.6 is 0 Å². The van der Waals surface area contributed by atoms with Crippen LogP contribution in [0.5, 0.6) is 0 Å². The number of nitrogens with one attached hydrogen (secondary N) is 1. The molecular formula is C20H26N2O3S. The summed E-state index contributed by atoms with van der Waals surface area (Å²) in [4.78, 5) is 14.8. The van der Waals surface area contributed by atoms with Gasteiger partial charge in [-0.3, -0.25) is 4.79 Å². The van der Waals surface area contributed by atoms with Crippen LogP contribution in [0.25, 0.3) is 10.8 Å². The first-order valence-corrected chi connectivity index (χ1v) is 10.7. The van der Waals surface area contributed by atoms with Gasteiger partial charge in [0.05, 0.1) is 4.90 Å². The van der Waals surface area contributed by atoms with Crippen LogP contribution in [0.4, 0.5) is 0 Å². The number of likely N-dealkylation sites (tertiary alicyclic amines) is 1. The molecule has 1 aliphatic heterocycles. The Bertz CT molecular complexity index is 887. The van der Waals surface area contributed by atoms with Crippen molar-refractivity contribution < 1.29 is 13.2 Å². The molecule has 1 amide bonds. The molecule has 0 spiro atoms. The molecule has 1 saturated heterocycles. The molecule has 0 saturated carbocycles. The van der Waals surface area contributed by atoms with Gasteiger partial charge in [-0.1, -0.05) is 44.2 Å². The lowest BCUT2D eigenvalue weighted by atomic mass is 10.0. The van der Waals surface area contributed by atoms with E-state index in [1.807, 2.05) is 38.1 Å². The lowest BCUT2D eigenvalue weighted by Gasteiger charge is -2.32. The van der Waals surface area contributed by atoms with Gasteiger partial charge in [-0.25, -0.2) is 8.42 Å². The van der Waals surface area contributed by atoms with E-state index in [0.717, 1.165) is 30.0 Å². The van der Waals surface area contributed by atoms with Crippen LogP contribution < -0.4 is 4.72 Å². The van der Waals surface area contributed by atoms with Gasteiger partial charge in [-0.2, -0.15) is 4.72 Å². The van der Waals surface area contributed by atoms with Gasteiger partial charge in [0.15, 0.2) is 0 Å². The maximum absolute atomic E-state index is 12.9. The highest BCUT2D eigenvalue weighted by Gasteiger charge is 2.32. The largest absolute Gasteiger partial charge is 0.341 e. The Balaban J connectivity index is 1.85. The van der Waals surface area contributed by atoms with Crippen molar-refractivity contribution in [3.8, 4) is 0 Å². The van der Waals surface area contributed by atoms with E-state index in [-0.39, 0.29) is 16.7 Å². The molecule has 0 radical (unpaired) electrons. The maximum atomic E-state index is 12.9. The summed E-state index contributed by atoms with van der Waals surface area (Å²) in [7, 11) is -3.78. The smallest absolute Gasteiger partial charge is 0.241 e. The lowest BCUT2D eigenvalue weighted by molar-refractivity contribution is -0.134. The van der Waals surface area contributed by atoms with Crippen molar-refractivity contribution in [1.29, 1.82) is 0 Å². The number of hydrogen-bond acceptors (Lipinski definition) is 3. The number of fused-ring (bicyclic) bond motifs is 1. The summed E-state index contributed by atoms with van der Waals surface area (Å²) in [5, 5.41) is 1.84. The first kappa shape index (κ1) is 18.9. The molecule has 0 unspecified atom stereocenters. The van der Waals surface area contributed by atoms with E-state index in [4.69, 9.17) is 0 Å². The fourth-order valence-corrected chi connectivity index (χ4v) is 4.73. The summed E-state index contributed by atoms with van der Waals surface area (Å²) in [6, 6.07) is 11.9. The number of amides is 1. The average Bonchev–Trinajstić information content (AvgIpc) is 2.65. The SMILES string of the molecule is CC(C)[C@@H](NS(=O)(=O)c1ccc2ccccc2c1)C(=O)N1CCCCC1. The number of carbonyl (C=O) groups excluding carboxylic acids is 1. The second kappa shape index (κ2) is 7.76. The summed E-state index contributed by atoms with van der Waals surface area (Å²) in [6.07, 6.45) is 3.08. The minimum atomic E-state index is -3.78. The molecule has 1 fully saturated rings. The number of nitrogens with zero attached hydrogens (tertiary/aromatic N) is 1. The molecule has 1 N–H and O–H groups in total. The van der Waals surface area contributed by atoms with Crippen molar-refractivity contribution in [2.24, 2.45) is 5.92 Å². The van der Waals surface area contributed by atoms with Crippen molar-refractivity contribution in [3.05, 3.63) is 42.5 Å². The van der Waals surface area contributed by atoms with E-state index < -0.39 is 16.1 Å². The van der Waals surface area contributed by atoms with Gasteiger partial charge in [0, 0.05) is 13.1 Å². The summed E-state index contributed by atoms with van der Waals surface area (Å²) in [5.41, 5.74) is 0. The van der Waals surface area contributed by atoms with Gasteiger partial charge in [0.25, 0.3) is 0 Å². The summed E-state index contributed by atoms with van der Waals surface area (Å²) in [5.74, 6) is -0.247. The van der Waals surface area contributed by atoms with Crippen molar-refractivity contribution >= 4 is 26.7 Å². The fourth-order valence-electron chi connectivity index (χ4n) is 3.35. The summed E-state index contributed by atoms with van der Waals surface area (Å²) < 4.78 is 28.4. The molecule has 0 aromatic heterocycles. The summed E-state index contributed by atoms with van der Waals surface area (Å²) in [6.45, 7) is 5.16. The normalized spacial score (nSPS) is 16.8. The predicted octanol–water partition coefficient (Wildman–Crippen LogP) is 3.16. The molecule has 0 bridgehead atoms. The number of carbonyl (C=O) groups is 1. The molecule has 1 heterocycles. The lowest BCUT2D eigenvalue weighted by Crippen LogP contribution is -2.52. The average molecular weight is 375 g/mol. The van der Waals surface area contributed by atoms with Gasteiger partial charge in [0.2, 0.25) is 15.9 Å². The van der Waals surface area contributed by atoms with E-state index >= 15 is 0 Å². The van der Waals surface area contributed by atoms with Gasteiger partial charge in [0.1, 0.15) is 6.04 Å². The minimum Gasteiger partial charge on any atom is -0.341 e. The highest BCUT2D eigenvalue weighted by atomic mass is 32.2. The molecule has 6 heteroatoms. The van der Waals surface area contributed by atoms with Crippen LogP contribution in [0.2, 0.25) is 0 Å². The Hall–Kier alpha value is -1.92. The third-order valence-corrected chi connectivity index (χ3v) is 6.35. The standard InChI is InChI=1S/C20H26N2O3S/c1-15(2)19(20(23)22-12-6-3-7-13-22)21-26(24,25)18-11-10-16-8-4-5-9-17(16)14-18/h4-5,8-11,14-15,19,21H,3,6-7,12-13H2,1-2H3/t19-/m1/s1. The van der Waals surface area contributed by atoms with Gasteiger partial charge < -0.3 is 4.90 Å². The van der Waals surface area contributed by atoms with Gasteiger partial charge in [-0.05, 0) is 48.1 Å². The van der Waals surface area contributed by atoms with Crippen molar-refractivity contribution in [3.63, 3.8) is 0 Å². The second-order valence-corrected chi connectivity index (χ2v) is 8.95. The van der Waals surface area contributed by atoms with Crippen LogP contribution in [-0.4, -0.2) is 38.4 Å². The second-order valence-electron chi connectivity index (χ2n) is 7.24. The molecular weight excluding hydrogens is 348 g/mol. The molecule has 2 aromatic rings. The first-order chi connectivity index (χ1) is 12.4. The highest BCUT2D eigenvalue weighted by Crippen LogP contribution is 2.21. The Morgan fingerprint density at radius 2 is 1.65 bits per heavy atom. The number of rotatable bonds is 5. The molecule has 2 aromatic carbocycles. The van der Waals surface area contributed by atoms with E-state index in [9.17, 15) is 13.2 Å². The first-order valence-electron chi connectivity index (χ1n) is 9.18. The maximum Gasteiger partial charge on any atom is 0.241 e. The topological polar surface area (TPSA) is 66.5 Å². The third kappa shape index (κ3) is 4.07. The van der Waals surface area contributed by atoms with Crippen LogP contribution in [0.15, 0.2) is 47.4 Å². The highest BCUT2D eigenvalue weighted by molar-refractivity contribution is 7.89. The minimum absolute atomic E-state index is 0.121. The zero-order valence-corrected chi connectivity index (χ0v) is 16.1. The van der Waals surface area contributed by atoms with E-state index in [1.165, 1.54) is 0 Å². The molecule has 3 rings (SSSR count). The molecule has 1 atom stereocenters.